The lowest BCUT2D eigenvalue weighted by atomic mass is 10.2. The molecule has 0 bridgehead atoms. The minimum atomic E-state index is -0.425. The number of hydrogen-bond acceptors (Lipinski definition) is 8. The fraction of sp³-hybridized carbons (Fsp3) is 0.267. The molecule has 0 saturated carbocycles. The number of benzene rings is 1. The Hall–Kier alpha value is -2.36. The van der Waals surface area contributed by atoms with E-state index in [2.05, 4.69) is 20.4 Å². The molecule has 0 aliphatic rings. The van der Waals surface area contributed by atoms with Gasteiger partial charge in [0, 0.05) is 35.5 Å². The molecule has 1 unspecified atom stereocenters. The number of nitrogens with one attached hydrogen (secondary N) is 1. The molecule has 10 heteroatoms. The zero-order valence-electron chi connectivity index (χ0n) is 13.5. The van der Waals surface area contributed by atoms with Crippen molar-refractivity contribution in [1.82, 2.24) is 20.4 Å². The lowest BCUT2D eigenvalue weighted by Gasteiger charge is -2.04. The summed E-state index contributed by atoms with van der Waals surface area (Å²) in [4.78, 5) is 19.2. The van der Waals surface area contributed by atoms with Crippen molar-refractivity contribution in [1.29, 1.82) is 0 Å². The van der Waals surface area contributed by atoms with Crippen molar-refractivity contribution in [3.63, 3.8) is 0 Å². The first-order valence-electron chi connectivity index (χ1n) is 7.27. The van der Waals surface area contributed by atoms with Gasteiger partial charge in [-0.2, -0.15) is 4.98 Å². The normalized spacial score (nSPS) is 11.8. The molecular weight excluding hydrogens is 366 g/mol. The molecule has 3 rings (SSSR count). The molecular formula is C15H16ClN5O3S. The van der Waals surface area contributed by atoms with E-state index < -0.39 is 4.92 Å². The van der Waals surface area contributed by atoms with Gasteiger partial charge in [-0.25, -0.2) is 4.98 Å². The van der Waals surface area contributed by atoms with Crippen molar-refractivity contribution in [2.45, 2.75) is 19.4 Å². The van der Waals surface area contributed by atoms with E-state index in [9.17, 15) is 10.1 Å². The zero-order chi connectivity index (χ0) is 17.1. The number of hydrogen-bond donors (Lipinski definition) is 1. The van der Waals surface area contributed by atoms with E-state index in [1.165, 1.54) is 23.5 Å². The smallest absolute Gasteiger partial charge is 0.277 e. The molecule has 3 aromatic rings. The van der Waals surface area contributed by atoms with E-state index in [-0.39, 0.29) is 24.1 Å². The largest absolute Gasteiger partial charge is 0.332 e. The molecule has 1 aromatic carbocycles. The number of likely N-dealkylation sites (N-methyl/N-ethyl adjacent to an activating group) is 1. The first-order valence-corrected chi connectivity index (χ1v) is 8.15. The highest BCUT2D eigenvalue weighted by molar-refractivity contribution is 7.13. The minimum Gasteiger partial charge on any atom is -0.332 e. The summed E-state index contributed by atoms with van der Waals surface area (Å²) in [5, 5.41) is 20.4. The van der Waals surface area contributed by atoms with Gasteiger partial charge in [0.1, 0.15) is 10.7 Å². The number of nitro benzene ring substituents is 1. The van der Waals surface area contributed by atoms with E-state index in [0.29, 0.717) is 34.4 Å². The number of nitro groups is 1. The molecule has 2 aromatic heterocycles. The van der Waals surface area contributed by atoms with E-state index in [1.807, 2.05) is 14.0 Å². The molecule has 1 atom stereocenters. The summed E-state index contributed by atoms with van der Waals surface area (Å²) in [7, 11) is 1.87. The van der Waals surface area contributed by atoms with Gasteiger partial charge >= 0.3 is 0 Å². The van der Waals surface area contributed by atoms with Crippen LogP contribution in [0.25, 0.3) is 22.2 Å². The molecule has 0 spiro atoms. The first kappa shape index (κ1) is 19.0. The Balaban J connectivity index is 0.00000225. The van der Waals surface area contributed by atoms with Crippen LogP contribution in [-0.2, 0) is 6.42 Å². The molecule has 8 nitrogen and oxygen atoms in total. The number of rotatable bonds is 6. The maximum atomic E-state index is 10.9. The summed E-state index contributed by atoms with van der Waals surface area (Å²) in [5.41, 5.74) is 1.28. The summed E-state index contributed by atoms with van der Waals surface area (Å²) in [6.07, 6.45) is 0.655. The molecule has 2 heterocycles. The standard InChI is InChI=1S/C15H15N5O3S.ClH/c1-9(16-2)6-13-18-14(23-19-13)12-8-24-15(17-12)10-4-3-5-11(7-10)20(21)22;/h3-5,7-9,16H,6H2,1-2H3;1H. The predicted molar refractivity (Wildman–Crippen MR) is 97.0 cm³/mol. The number of thiazole rings is 1. The molecule has 0 aliphatic carbocycles. The maximum absolute atomic E-state index is 10.9. The number of halogens is 1. The van der Waals surface area contributed by atoms with Crippen LogP contribution in [0.4, 0.5) is 5.69 Å². The number of aromatic nitrogens is 3. The molecule has 0 radical (unpaired) electrons. The molecule has 0 saturated heterocycles. The van der Waals surface area contributed by atoms with Gasteiger partial charge in [-0.3, -0.25) is 10.1 Å². The topological polar surface area (TPSA) is 107 Å². The number of non-ortho nitro benzene ring substituents is 1. The van der Waals surface area contributed by atoms with Gasteiger partial charge < -0.3 is 9.84 Å². The van der Waals surface area contributed by atoms with Crippen LogP contribution in [0.2, 0.25) is 0 Å². The molecule has 25 heavy (non-hydrogen) atoms. The van der Waals surface area contributed by atoms with Crippen LogP contribution in [0.15, 0.2) is 34.2 Å². The predicted octanol–water partition coefficient (Wildman–Crippen LogP) is 3.34. The van der Waals surface area contributed by atoms with Crippen molar-refractivity contribution < 1.29 is 9.45 Å². The lowest BCUT2D eigenvalue weighted by Crippen LogP contribution is -2.24. The zero-order valence-corrected chi connectivity index (χ0v) is 15.1. The second kappa shape index (κ2) is 8.15. The second-order valence-corrected chi connectivity index (χ2v) is 6.11. The van der Waals surface area contributed by atoms with E-state index in [4.69, 9.17) is 4.52 Å². The van der Waals surface area contributed by atoms with Gasteiger partial charge in [-0.1, -0.05) is 17.3 Å². The van der Waals surface area contributed by atoms with Gasteiger partial charge in [-0.05, 0) is 14.0 Å². The highest BCUT2D eigenvalue weighted by atomic mass is 35.5. The van der Waals surface area contributed by atoms with Crippen LogP contribution >= 0.6 is 23.7 Å². The van der Waals surface area contributed by atoms with Gasteiger partial charge in [0.25, 0.3) is 11.6 Å². The molecule has 0 aliphatic heterocycles. The van der Waals surface area contributed by atoms with Crippen molar-refractivity contribution >= 4 is 29.4 Å². The Labute approximate surface area is 153 Å². The summed E-state index contributed by atoms with van der Waals surface area (Å²) in [6, 6.07) is 6.61. The van der Waals surface area contributed by atoms with Crippen LogP contribution in [0.1, 0.15) is 12.7 Å². The maximum Gasteiger partial charge on any atom is 0.277 e. The Morgan fingerprint density at radius 1 is 1.40 bits per heavy atom. The van der Waals surface area contributed by atoms with Crippen LogP contribution < -0.4 is 5.32 Å². The van der Waals surface area contributed by atoms with Crippen molar-refractivity contribution in [2.75, 3.05) is 7.05 Å². The Kier molecular flexibility index (Phi) is 6.18. The fourth-order valence-electron chi connectivity index (χ4n) is 2.07. The summed E-state index contributed by atoms with van der Waals surface area (Å²) >= 11 is 1.37. The Morgan fingerprint density at radius 3 is 2.92 bits per heavy atom. The van der Waals surface area contributed by atoms with Crippen molar-refractivity contribution in [2.24, 2.45) is 0 Å². The summed E-state index contributed by atoms with van der Waals surface area (Å²) in [6.45, 7) is 2.03. The van der Waals surface area contributed by atoms with Gasteiger partial charge in [-0.15, -0.1) is 23.7 Å². The quantitative estimate of drug-likeness (QED) is 0.515. The molecule has 0 fully saturated rings. The second-order valence-electron chi connectivity index (χ2n) is 5.25. The van der Waals surface area contributed by atoms with Crippen LogP contribution in [0.5, 0.6) is 0 Å². The third kappa shape index (κ3) is 4.38. The SMILES string of the molecule is CNC(C)Cc1noc(-c2csc(-c3cccc([N+](=O)[O-])c3)n2)n1.Cl. The van der Waals surface area contributed by atoms with Gasteiger partial charge in [0.2, 0.25) is 0 Å². The third-order valence-electron chi connectivity index (χ3n) is 3.48. The molecule has 0 amide bonds. The summed E-state index contributed by atoms with van der Waals surface area (Å²) in [5.74, 6) is 0.956. The Bertz CT molecular complexity index is 866. The molecule has 132 valence electrons. The lowest BCUT2D eigenvalue weighted by molar-refractivity contribution is -0.384. The first-order chi connectivity index (χ1) is 11.6. The fourth-order valence-corrected chi connectivity index (χ4v) is 2.86. The van der Waals surface area contributed by atoms with Crippen molar-refractivity contribution in [3.05, 3.63) is 45.6 Å². The van der Waals surface area contributed by atoms with Crippen molar-refractivity contribution in [3.8, 4) is 22.2 Å². The minimum absolute atomic E-state index is 0. The highest BCUT2D eigenvalue weighted by Gasteiger charge is 2.16. The Morgan fingerprint density at radius 2 is 2.20 bits per heavy atom. The monoisotopic (exact) mass is 381 g/mol. The average molecular weight is 382 g/mol. The van der Waals surface area contributed by atoms with E-state index >= 15 is 0 Å². The van der Waals surface area contributed by atoms with Crippen LogP contribution in [0, 0.1) is 10.1 Å². The van der Waals surface area contributed by atoms with E-state index in [0.717, 1.165) is 0 Å². The van der Waals surface area contributed by atoms with Gasteiger partial charge in [0.05, 0.1) is 4.92 Å². The van der Waals surface area contributed by atoms with Crippen LogP contribution in [0.3, 0.4) is 0 Å². The van der Waals surface area contributed by atoms with E-state index in [1.54, 1.807) is 17.5 Å². The summed E-state index contributed by atoms with van der Waals surface area (Å²) < 4.78 is 5.25. The average Bonchev–Trinajstić information content (AvgIpc) is 3.24. The van der Waals surface area contributed by atoms with Crippen LogP contribution in [-0.4, -0.2) is 33.1 Å². The highest BCUT2D eigenvalue weighted by Crippen LogP contribution is 2.30. The van der Waals surface area contributed by atoms with Gasteiger partial charge in [0.15, 0.2) is 5.82 Å². The third-order valence-corrected chi connectivity index (χ3v) is 4.37. The molecule has 1 N–H and O–H groups in total. The number of nitrogens with zero attached hydrogens (tertiary/aromatic N) is 4.